The van der Waals surface area contributed by atoms with Crippen LogP contribution in [0.15, 0.2) is 58.7 Å². The average Bonchev–Trinajstić information content (AvgIpc) is 3.40. The number of carboxylic acids is 1. The summed E-state index contributed by atoms with van der Waals surface area (Å²) in [7, 11) is 0. The Morgan fingerprint density at radius 3 is 2.68 bits per heavy atom. The molecule has 2 atom stereocenters. The summed E-state index contributed by atoms with van der Waals surface area (Å²) >= 11 is 1.06. The molecule has 4 aromatic rings. The molecule has 1 saturated heterocycles. The molecule has 5 rings (SSSR count). The number of piperidine rings is 1. The van der Waals surface area contributed by atoms with Gasteiger partial charge in [0.05, 0.1) is 23.7 Å². The van der Waals surface area contributed by atoms with Crippen molar-refractivity contribution in [3.8, 4) is 11.8 Å². The van der Waals surface area contributed by atoms with Gasteiger partial charge in [-0.05, 0) is 42.2 Å². The molecule has 11 nitrogen and oxygen atoms in total. The number of nitrogens with zero attached hydrogens (tertiary/aromatic N) is 4. The molecule has 1 aliphatic heterocycles. The number of phenols is 1. The third-order valence-electron chi connectivity index (χ3n) is 7.09. The number of aromatic nitrogens is 2. The van der Waals surface area contributed by atoms with E-state index in [-0.39, 0.29) is 46.1 Å². The van der Waals surface area contributed by atoms with Crippen molar-refractivity contribution in [1.82, 2.24) is 14.9 Å². The Balaban J connectivity index is 1.54. The Labute approximate surface area is 239 Å². The highest BCUT2D eigenvalue weighted by Gasteiger charge is 2.28. The van der Waals surface area contributed by atoms with E-state index in [0.29, 0.717) is 35.7 Å². The number of nitrogens with two attached hydrogens (primary N) is 1. The zero-order chi connectivity index (χ0) is 29.1. The molecule has 0 spiro atoms. The maximum absolute atomic E-state index is 13.9. The van der Waals surface area contributed by atoms with Gasteiger partial charge in [0.25, 0.3) is 11.5 Å². The van der Waals surface area contributed by atoms with Crippen LogP contribution in [0.25, 0.3) is 10.2 Å². The molecule has 0 aliphatic carbocycles. The normalized spacial score (nSPS) is 15.8. The molecule has 12 heteroatoms. The van der Waals surface area contributed by atoms with Gasteiger partial charge in [0.1, 0.15) is 22.0 Å². The first-order valence-electron chi connectivity index (χ1n) is 13.1. The fraction of sp³-hybridized carbons (Fsp3) is 0.276. The van der Waals surface area contributed by atoms with Crippen molar-refractivity contribution in [2.45, 2.75) is 37.9 Å². The number of nitriles is 1. The van der Waals surface area contributed by atoms with E-state index in [1.165, 1.54) is 22.1 Å². The van der Waals surface area contributed by atoms with Gasteiger partial charge in [-0.15, -0.1) is 11.3 Å². The molecular formula is C29H28N6O5S. The van der Waals surface area contributed by atoms with Gasteiger partial charge in [-0.3, -0.25) is 14.2 Å². The van der Waals surface area contributed by atoms with Crippen LogP contribution in [0.2, 0.25) is 0 Å². The zero-order valence-corrected chi connectivity index (χ0v) is 22.8. The number of anilines is 1. The monoisotopic (exact) mass is 572 g/mol. The minimum Gasteiger partial charge on any atom is -0.508 e. The SMILES string of the molecule is N#Cc1ccccc1Cn1c(N2CCC[C@@H](N)C2)nc2c(C(=O)NC(Cc3ccc(O)cc3)C(=O)O)csc2c1=O. The van der Waals surface area contributed by atoms with Crippen molar-refractivity contribution in [2.75, 3.05) is 18.0 Å². The number of aromatic hydroxyl groups is 1. The summed E-state index contributed by atoms with van der Waals surface area (Å²) in [6.45, 7) is 1.20. The summed E-state index contributed by atoms with van der Waals surface area (Å²) in [5, 5.41) is 32.9. The predicted molar refractivity (Wildman–Crippen MR) is 154 cm³/mol. The summed E-state index contributed by atoms with van der Waals surface area (Å²) in [6, 6.07) is 13.9. The van der Waals surface area contributed by atoms with Crippen LogP contribution in [0.1, 0.15) is 39.9 Å². The number of amides is 1. The highest BCUT2D eigenvalue weighted by Crippen LogP contribution is 2.27. The summed E-state index contributed by atoms with van der Waals surface area (Å²) in [4.78, 5) is 45.9. The number of carboxylic acid groups (broad SMARTS) is 1. The number of thiophene rings is 1. The number of carbonyl (C=O) groups excluding carboxylic acids is 1. The second-order valence-electron chi connectivity index (χ2n) is 9.98. The first-order valence-corrected chi connectivity index (χ1v) is 13.9. The third-order valence-corrected chi connectivity index (χ3v) is 8.05. The molecule has 1 amide bonds. The lowest BCUT2D eigenvalue weighted by Crippen LogP contribution is -2.45. The van der Waals surface area contributed by atoms with Crippen LogP contribution in [0.5, 0.6) is 5.75 Å². The molecule has 3 heterocycles. The van der Waals surface area contributed by atoms with Crippen LogP contribution < -0.4 is 21.5 Å². The molecule has 5 N–H and O–H groups in total. The highest BCUT2D eigenvalue weighted by atomic mass is 32.1. The van der Waals surface area contributed by atoms with Crippen molar-refractivity contribution < 1.29 is 19.8 Å². The number of nitrogens with one attached hydrogen (secondary N) is 1. The smallest absolute Gasteiger partial charge is 0.326 e. The fourth-order valence-corrected chi connectivity index (χ4v) is 5.90. The van der Waals surface area contributed by atoms with Crippen molar-refractivity contribution in [2.24, 2.45) is 5.73 Å². The molecule has 2 aromatic carbocycles. The topological polar surface area (TPSA) is 175 Å². The molecule has 41 heavy (non-hydrogen) atoms. The minimum absolute atomic E-state index is 0.00112. The lowest BCUT2D eigenvalue weighted by molar-refractivity contribution is -0.139. The van der Waals surface area contributed by atoms with E-state index in [9.17, 15) is 29.9 Å². The van der Waals surface area contributed by atoms with Crippen molar-refractivity contribution in [3.63, 3.8) is 0 Å². The Bertz CT molecular complexity index is 1710. The molecular weight excluding hydrogens is 544 g/mol. The van der Waals surface area contributed by atoms with Gasteiger partial charge in [0.2, 0.25) is 5.95 Å². The quantitative estimate of drug-likeness (QED) is 0.247. The van der Waals surface area contributed by atoms with Gasteiger partial charge in [-0.2, -0.15) is 5.26 Å². The summed E-state index contributed by atoms with van der Waals surface area (Å²) in [6.07, 6.45) is 1.64. The van der Waals surface area contributed by atoms with Crippen LogP contribution in [-0.4, -0.2) is 56.8 Å². The average molecular weight is 573 g/mol. The highest BCUT2D eigenvalue weighted by molar-refractivity contribution is 7.17. The number of carbonyl (C=O) groups is 2. The van der Waals surface area contributed by atoms with Crippen LogP contribution in [0.3, 0.4) is 0 Å². The lowest BCUT2D eigenvalue weighted by atomic mass is 10.1. The van der Waals surface area contributed by atoms with E-state index in [0.717, 1.165) is 24.2 Å². The van der Waals surface area contributed by atoms with Gasteiger partial charge in [-0.1, -0.05) is 30.3 Å². The number of benzene rings is 2. The Kier molecular flexibility index (Phi) is 8.00. The second kappa shape index (κ2) is 11.8. The summed E-state index contributed by atoms with van der Waals surface area (Å²) < 4.78 is 1.76. The number of phenolic OH excluding ortho intramolecular Hbond substituents is 1. The third kappa shape index (κ3) is 5.91. The second-order valence-corrected chi connectivity index (χ2v) is 10.9. The van der Waals surface area contributed by atoms with Crippen LogP contribution >= 0.6 is 11.3 Å². The largest absolute Gasteiger partial charge is 0.508 e. The van der Waals surface area contributed by atoms with Crippen LogP contribution in [-0.2, 0) is 17.8 Å². The maximum atomic E-state index is 13.9. The molecule has 1 aliphatic rings. The van der Waals surface area contributed by atoms with Crippen molar-refractivity contribution >= 4 is 39.4 Å². The van der Waals surface area contributed by atoms with Gasteiger partial charge < -0.3 is 26.2 Å². The Hall–Kier alpha value is -4.73. The fourth-order valence-electron chi connectivity index (χ4n) is 4.97. The Morgan fingerprint density at radius 1 is 1.22 bits per heavy atom. The first-order chi connectivity index (χ1) is 19.7. The van der Waals surface area contributed by atoms with E-state index < -0.39 is 17.9 Å². The van der Waals surface area contributed by atoms with Crippen LogP contribution in [0, 0.1) is 11.3 Å². The number of hydrogen-bond acceptors (Lipinski definition) is 9. The Morgan fingerprint density at radius 2 is 1.98 bits per heavy atom. The molecule has 2 aromatic heterocycles. The standard InChI is InChI=1S/C29H28N6O5S/c30-13-18-4-1-2-5-19(18)14-35-27(38)25-24(33-29(35)34-11-3-6-20(31)15-34)22(16-41-25)26(37)32-23(28(39)40)12-17-7-9-21(36)10-8-17/h1-2,4-5,7-10,16,20,23,36H,3,6,11-12,14-15,31H2,(H,32,37)(H,39,40)/t20-,23?/m1/s1. The summed E-state index contributed by atoms with van der Waals surface area (Å²) in [5.41, 5.74) is 7.89. The van der Waals surface area contributed by atoms with Crippen LogP contribution in [0.4, 0.5) is 5.95 Å². The molecule has 0 bridgehead atoms. The molecule has 1 fully saturated rings. The maximum Gasteiger partial charge on any atom is 0.326 e. The molecule has 210 valence electrons. The zero-order valence-electron chi connectivity index (χ0n) is 22.0. The van der Waals surface area contributed by atoms with E-state index in [4.69, 9.17) is 10.7 Å². The first kappa shape index (κ1) is 27.8. The predicted octanol–water partition coefficient (Wildman–Crippen LogP) is 2.44. The van der Waals surface area contributed by atoms with Gasteiger partial charge in [0.15, 0.2) is 0 Å². The van der Waals surface area contributed by atoms with Gasteiger partial charge in [0, 0.05) is 30.9 Å². The van der Waals surface area contributed by atoms with E-state index in [1.54, 1.807) is 36.4 Å². The lowest BCUT2D eigenvalue weighted by Gasteiger charge is -2.33. The molecule has 1 unspecified atom stereocenters. The van der Waals surface area contributed by atoms with E-state index >= 15 is 0 Å². The number of rotatable bonds is 8. The van der Waals surface area contributed by atoms with Gasteiger partial charge >= 0.3 is 5.97 Å². The number of hydrogen-bond donors (Lipinski definition) is 4. The number of aliphatic carboxylic acids is 1. The van der Waals surface area contributed by atoms with Gasteiger partial charge in [-0.25, -0.2) is 9.78 Å². The van der Waals surface area contributed by atoms with Crippen molar-refractivity contribution in [3.05, 3.63) is 86.5 Å². The molecule has 0 saturated carbocycles. The van der Waals surface area contributed by atoms with E-state index in [2.05, 4.69) is 11.4 Å². The number of fused-ring (bicyclic) bond motifs is 1. The molecule has 0 radical (unpaired) electrons. The van der Waals surface area contributed by atoms with E-state index in [1.807, 2.05) is 4.90 Å². The van der Waals surface area contributed by atoms with Crippen molar-refractivity contribution in [1.29, 1.82) is 5.26 Å². The minimum atomic E-state index is -1.25. The summed E-state index contributed by atoms with van der Waals surface area (Å²) in [5.74, 6) is -1.49.